The molecule has 11 heteroatoms. The fourth-order valence-corrected chi connectivity index (χ4v) is 7.86. The second-order valence-corrected chi connectivity index (χ2v) is 13.9. The monoisotopic (exact) mass is 564 g/mol. The van der Waals surface area contributed by atoms with Gasteiger partial charge < -0.3 is 14.6 Å². The highest BCUT2D eigenvalue weighted by Crippen LogP contribution is 2.37. The molecule has 208 valence electrons. The fraction of sp³-hybridized carbons (Fsp3) is 0.481. The van der Waals surface area contributed by atoms with Crippen LogP contribution in [0.1, 0.15) is 38.7 Å². The molecular formula is C27H36N2O7S2. The van der Waals surface area contributed by atoms with Crippen molar-refractivity contribution in [3.63, 3.8) is 0 Å². The fourth-order valence-electron chi connectivity index (χ4n) is 4.86. The Hall–Kier alpha value is -2.44. The number of hydrogen-bond acceptors (Lipinski definition) is 7. The van der Waals surface area contributed by atoms with Crippen molar-refractivity contribution in [2.75, 3.05) is 33.9 Å². The predicted molar refractivity (Wildman–Crippen MR) is 145 cm³/mol. The molecule has 3 atom stereocenters. The maximum atomic E-state index is 13.7. The number of sulfonamides is 2. The number of hydrogen-bond donors (Lipinski definition) is 1. The predicted octanol–water partition coefficient (Wildman–Crippen LogP) is 3.35. The van der Waals surface area contributed by atoms with Gasteiger partial charge in [0.05, 0.1) is 25.2 Å². The quantitative estimate of drug-likeness (QED) is 0.523. The number of fused-ring (bicyclic) bond motifs is 1. The Kier molecular flexibility index (Phi) is 8.53. The van der Waals surface area contributed by atoms with Crippen LogP contribution < -0.4 is 9.47 Å². The largest absolute Gasteiger partial charge is 0.497 e. The zero-order chi connectivity index (χ0) is 27.7. The van der Waals surface area contributed by atoms with E-state index < -0.39 is 32.2 Å². The average Bonchev–Trinajstić information content (AvgIpc) is 3.45. The Morgan fingerprint density at radius 1 is 1.21 bits per heavy atom. The van der Waals surface area contributed by atoms with Gasteiger partial charge in [-0.3, -0.25) is 0 Å². The van der Waals surface area contributed by atoms with Crippen LogP contribution in [0.4, 0.5) is 0 Å². The van der Waals surface area contributed by atoms with Gasteiger partial charge in [-0.05, 0) is 73.7 Å². The van der Waals surface area contributed by atoms with Gasteiger partial charge in [0.15, 0.2) is 0 Å². The number of likely N-dealkylation sites (N-methyl/N-ethyl adjacent to an activating group) is 1. The number of aliphatic hydroxyl groups excluding tert-OH is 1. The summed E-state index contributed by atoms with van der Waals surface area (Å²) in [6, 6.07) is 10.6. The van der Waals surface area contributed by atoms with E-state index >= 15 is 0 Å². The van der Waals surface area contributed by atoms with Crippen LogP contribution in [-0.4, -0.2) is 76.6 Å². The molecule has 1 aliphatic carbocycles. The van der Waals surface area contributed by atoms with Crippen molar-refractivity contribution in [2.24, 2.45) is 5.92 Å². The van der Waals surface area contributed by atoms with E-state index in [1.165, 1.54) is 34.9 Å². The number of nitrogens with zero attached hydrogens (tertiary/aromatic N) is 2. The van der Waals surface area contributed by atoms with E-state index in [2.05, 4.69) is 6.08 Å². The van der Waals surface area contributed by atoms with Crippen LogP contribution in [0.25, 0.3) is 5.57 Å². The Morgan fingerprint density at radius 3 is 2.53 bits per heavy atom. The molecule has 0 unspecified atom stereocenters. The van der Waals surface area contributed by atoms with Crippen molar-refractivity contribution in [1.82, 2.24) is 8.61 Å². The Morgan fingerprint density at radius 2 is 1.92 bits per heavy atom. The summed E-state index contributed by atoms with van der Waals surface area (Å²) in [6.45, 7) is 3.21. The first-order valence-corrected chi connectivity index (χ1v) is 15.6. The average molecular weight is 565 g/mol. The normalized spacial score (nSPS) is 22.6. The van der Waals surface area contributed by atoms with E-state index in [-0.39, 0.29) is 41.2 Å². The molecule has 38 heavy (non-hydrogen) atoms. The Labute approximate surface area is 225 Å². The van der Waals surface area contributed by atoms with Gasteiger partial charge in [-0.15, -0.1) is 0 Å². The molecule has 1 heterocycles. The minimum Gasteiger partial charge on any atom is -0.497 e. The van der Waals surface area contributed by atoms with E-state index in [1.54, 1.807) is 37.3 Å². The van der Waals surface area contributed by atoms with Crippen molar-refractivity contribution < 1.29 is 31.4 Å². The van der Waals surface area contributed by atoms with Crippen molar-refractivity contribution in [2.45, 2.75) is 55.0 Å². The second-order valence-electron chi connectivity index (χ2n) is 9.98. The summed E-state index contributed by atoms with van der Waals surface area (Å²) in [7, 11) is -4.82. The van der Waals surface area contributed by atoms with Crippen LogP contribution in [-0.2, 0) is 20.0 Å². The number of ether oxygens (including phenoxy) is 2. The number of rotatable bonds is 8. The van der Waals surface area contributed by atoms with Crippen LogP contribution in [0.3, 0.4) is 0 Å². The van der Waals surface area contributed by atoms with Crippen LogP contribution in [0.5, 0.6) is 11.5 Å². The third-order valence-electron chi connectivity index (χ3n) is 7.28. The molecule has 1 aliphatic heterocycles. The van der Waals surface area contributed by atoms with Gasteiger partial charge in [-0.25, -0.2) is 16.8 Å². The summed E-state index contributed by atoms with van der Waals surface area (Å²) in [6.07, 6.45) is 4.42. The summed E-state index contributed by atoms with van der Waals surface area (Å²) >= 11 is 0. The van der Waals surface area contributed by atoms with Crippen LogP contribution in [0.2, 0.25) is 0 Å². The zero-order valence-corrected chi connectivity index (χ0v) is 23.8. The highest BCUT2D eigenvalue weighted by molar-refractivity contribution is 7.89. The minimum absolute atomic E-state index is 0.00326. The first-order valence-electron chi connectivity index (χ1n) is 12.7. The number of allylic oxidation sites excluding steroid dienone is 2. The van der Waals surface area contributed by atoms with Gasteiger partial charge in [-0.1, -0.05) is 19.1 Å². The molecule has 0 bridgehead atoms. The number of benzene rings is 2. The highest BCUT2D eigenvalue weighted by atomic mass is 32.2. The summed E-state index contributed by atoms with van der Waals surface area (Å²) in [4.78, 5) is 0.131. The lowest BCUT2D eigenvalue weighted by Gasteiger charge is -2.37. The SMILES string of the molecule is COc1ccc(S(=O)(=O)N(C)C[C@H]2Oc3cc(C4=CCCC4)ccc3S(=O)(=O)N([C@@H](C)CO)C[C@@H]2C)cc1. The third-order valence-corrected chi connectivity index (χ3v) is 11.1. The van der Waals surface area contributed by atoms with Gasteiger partial charge in [0.2, 0.25) is 20.0 Å². The van der Waals surface area contributed by atoms with E-state index in [4.69, 9.17) is 9.47 Å². The van der Waals surface area contributed by atoms with Crippen LogP contribution >= 0.6 is 0 Å². The van der Waals surface area contributed by atoms with Crippen molar-refractivity contribution >= 4 is 25.6 Å². The lowest BCUT2D eigenvalue weighted by atomic mass is 10.0. The standard InChI is InChI=1S/C27H36N2O7S2/c1-19-16-29(20(2)18-30)38(33,34)27-14-9-22(21-7-5-6-8-21)15-25(27)36-26(19)17-28(3)37(31,32)24-12-10-23(35-4)11-13-24/h7,9-15,19-20,26,30H,5-6,8,16-18H2,1-4H3/t19-,20-,26+/m0/s1. The smallest absolute Gasteiger partial charge is 0.247 e. The molecule has 0 spiro atoms. The maximum absolute atomic E-state index is 13.7. The molecule has 0 saturated carbocycles. The molecule has 0 aromatic heterocycles. The van der Waals surface area contributed by atoms with E-state index in [9.17, 15) is 21.9 Å². The molecule has 0 radical (unpaired) electrons. The molecule has 2 aliphatic rings. The second kappa shape index (κ2) is 11.4. The molecular weight excluding hydrogens is 528 g/mol. The Balaban J connectivity index is 1.72. The summed E-state index contributed by atoms with van der Waals surface area (Å²) in [5.41, 5.74) is 2.03. The van der Waals surface area contributed by atoms with Gasteiger partial charge in [-0.2, -0.15) is 8.61 Å². The summed E-state index contributed by atoms with van der Waals surface area (Å²) in [5.74, 6) is 0.361. The van der Waals surface area contributed by atoms with E-state index in [0.717, 1.165) is 30.4 Å². The van der Waals surface area contributed by atoms with Gasteiger partial charge in [0.25, 0.3) is 0 Å². The van der Waals surface area contributed by atoms with Crippen LogP contribution in [0.15, 0.2) is 58.3 Å². The first-order chi connectivity index (χ1) is 18.0. The highest BCUT2D eigenvalue weighted by Gasteiger charge is 2.39. The number of methoxy groups -OCH3 is 1. The molecule has 1 N–H and O–H groups in total. The first kappa shape index (κ1) is 28.6. The maximum Gasteiger partial charge on any atom is 0.247 e. The summed E-state index contributed by atoms with van der Waals surface area (Å²) < 4.78 is 68.1. The molecule has 2 aromatic carbocycles. The van der Waals surface area contributed by atoms with Gasteiger partial charge in [0, 0.05) is 25.6 Å². The third kappa shape index (κ3) is 5.62. The molecule has 4 rings (SSSR count). The molecule has 0 saturated heterocycles. The molecule has 0 amide bonds. The van der Waals surface area contributed by atoms with Gasteiger partial charge in [0.1, 0.15) is 22.5 Å². The lowest BCUT2D eigenvalue weighted by molar-refractivity contribution is 0.0904. The topological polar surface area (TPSA) is 113 Å². The Bertz CT molecular complexity index is 1390. The van der Waals surface area contributed by atoms with E-state index in [1.807, 2.05) is 6.92 Å². The minimum atomic E-state index is -3.97. The number of aliphatic hydroxyl groups is 1. The zero-order valence-electron chi connectivity index (χ0n) is 22.2. The van der Waals surface area contributed by atoms with Crippen molar-refractivity contribution in [1.29, 1.82) is 0 Å². The molecule has 2 aromatic rings. The molecule has 0 fully saturated rings. The molecule has 9 nitrogen and oxygen atoms in total. The summed E-state index contributed by atoms with van der Waals surface area (Å²) in [5, 5.41) is 9.84. The van der Waals surface area contributed by atoms with Crippen molar-refractivity contribution in [3.8, 4) is 11.5 Å². The lowest BCUT2D eigenvalue weighted by Crippen LogP contribution is -2.50. The van der Waals surface area contributed by atoms with Gasteiger partial charge >= 0.3 is 0 Å². The van der Waals surface area contributed by atoms with Crippen molar-refractivity contribution in [3.05, 3.63) is 54.1 Å². The van der Waals surface area contributed by atoms with E-state index in [0.29, 0.717) is 5.75 Å². The van der Waals surface area contributed by atoms with Crippen LogP contribution in [0, 0.1) is 5.92 Å².